The molecule has 0 aromatic heterocycles. The lowest BCUT2D eigenvalue weighted by Crippen LogP contribution is -2.19. The Morgan fingerprint density at radius 3 is 2.31 bits per heavy atom. The van der Waals surface area contributed by atoms with Gasteiger partial charge < -0.3 is 20.1 Å². The van der Waals surface area contributed by atoms with Crippen molar-refractivity contribution >= 4 is 23.2 Å². The molecule has 0 bridgehead atoms. The van der Waals surface area contributed by atoms with E-state index in [1.54, 1.807) is 49.6 Å². The van der Waals surface area contributed by atoms with Crippen LogP contribution in [0.15, 0.2) is 42.5 Å². The number of carbonyl (C=O) groups is 2. The van der Waals surface area contributed by atoms with Gasteiger partial charge in [0.1, 0.15) is 0 Å². The van der Waals surface area contributed by atoms with E-state index < -0.39 is 0 Å². The quantitative estimate of drug-likeness (QED) is 0.788. The predicted molar refractivity (Wildman–Crippen MR) is 102 cm³/mol. The van der Waals surface area contributed by atoms with Gasteiger partial charge in [-0.25, -0.2) is 0 Å². The molecule has 2 aromatic carbocycles. The minimum atomic E-state index is -0.322. The van der Waals surface area contributed by atoms with Crippen LogP contribution in [-0.2, 0) is 4.79 Å². The van der Waals surface area contributed by atoms with E-state index in [0.717, 1.165) is 0 Å². The van der Waals surface area contributed by atoms with Crippen molar-refractivity contribution in [2.75, 3.05) is 24.9 Å². The summed E-state index contributed by atoms with van der Waals surface area (Å²) in [6, 6.07) is 12.0. The number of carbonyl (C=O) groups excluding carboxylic acids is 2. The number of hydrogen-bond acceptors (Lipinski definition) is 4. The second kappa shape index (κ2) is 8.89. The maximum atomic E-state index is 12.7. The number of ether oxygens (including phenoxy) is 2. The Morgan fingerprint density at radius 2 is 1.65 bits per heavy atom. The largest absolute Gasteiger partial charge is 0.493 e. The molecule has 0 aliphatic rings. The number of amides is 2. The Morgan fingerprint density at radius 1 is 0.962 bits per heavy atom. The van der Waals surface area contributed by atoms with Crippen LogP contribution >= 0.6 is 0 Å². The molecule has 0 aliphatic heterocycles. The van der Waals surface area contributed by atoms with Crippen LogP contribution in [0.25, 0.3) is 0 Å². The Hall–Kier alpha value is -3.02. The van der Waals surface area contributed by atoms with Crippen molar-refractivity contribution in [2.45, 2.75) is 20.3 Å². The second-order valence-electron chi connectivity index (χ2n) is 6.22. The van der Waals surface area contributed by atoms with Crippen molar-refractivity contribution in [3.05, 3.63) is 48.0 Å². The Balaban J connectivity index is 2.18. The molecule has 6 nitrogen and oxygen atoms in total. The van der Waals surface area contributed by atoms with Crippen LogP contribution in [0.3, 0.4) is 0 Å². The molecule has 2 aromatic rings. The molecule has 0 radical (unpaired) electrons. The zero-order valence-electron chi connectivity index (χ0n) is 15.5. The van der Waals surface area contributed by atoms with E-state index in [1.165, 1.54) is 7.11 Å². The summed E-state index contributed by atoms with van der Waals surface area (Å²) in [5, 5.41) is 5.62. The number of methoxy groups -OCH3 is 2. The fourth-order valence-electron chi connectivity index (χ4n) is 2.47. The van der Waals surface area contributed by atoms with E-state index >= 15 is 0 Å². The van der Waals surface area contributed by atoms with E-state index in [1.807, 2.05) is 13.8 Å². The number of hydrogen-bond donors (Lipinski definition) is 2. The number of nitrogens with one attached hydrogen (secondary N) is 2. The maximum absolute atomic E-state index is 12.7. The third-order valence-corrected chi connectivity index (χ3v) is 3.68. The maximum Gasteiger partial charge on any atom is 0.257 e. The van der Waals surface area contributed by atoms with Crippen LogP contribution < -0.4 is 20.1 Å². The van der Waals surface area contributed by atoms with E-state index in [4.69, 9.17) is 9.47 Å². The van der Waals surface area contributed by atoms with Crippen molar-refractivity contribution in [2.24, 2.45) is 5.92 Å². The van der Waals surface area contributed by atoms with Crippen LogP contribution in [0.4, 0.5) is 11.4 Å². The van der Waals surface area contributed by atoms with E-state index in [-0.39, 0.29) is 17.7 Å². The number of para-hydroxylation sites is 1. The summed E-state index contributed by atoms with van der Waals surface area (Å²) in [6.45, 7) is 3.94. The van der Waals surface area contributed by atoms with Crippen molar-refractivity contribution in [1.29, 1.82) is 0 Å². The molecule has 138 valence electrons. The molecule has 6 heteroatoms. The molecule has 26 heavy (non-hydrogen) atoms. The summed E-state index contributed by atoms with van der Waals surface area (Å²) in [7, 11) is 3.08. The Bertz CT molecular complexity index is 787. The molecule has 0 spiro atoms. The summed E-state index contributed by atoms with van der Waals surface area (Å²) in [5.74, 6) is 0.891. The number of benzene rings is 2. The lowest BCUT2D eigenvalue weighted by atomic mass is 10.1. The molecule has 0 saturated carbocycles. The van der Waals surface area contributed by atoms with Gasteiger partial charge in [-0.3, -0.25) is 9.59 Å². The van der Waals surface area contributed by atoms with Gasteiger partial charge in [-0.2, -0.15) is 0 Å². The van der Waals surface area contributed by atoms with Crippen LogP contribution in [0.5, 0.6) is 11.5 Å². The van der Waals surface area contributed by atoms with Crippen LogP contribution in [-0.4, -0.2) is 26.0 Å². The third-order valence-electron chi connectivity index (χ3n) is 3.68. The third kappa shape index (κ3) is 4.99. The normalized spacial score (nSPS) is 10.3. The highest BCUT2D eigenvalue weighted by Gasteiger charge is 2.15. The lowest BCUT2D eigenvalue weighted by molar-refractivity contribution is -0.116. The van der Waals surface area contributed by atoms with Crippen LogP contribution in [0.1, 0.15) is 30.6 Å². The van der Waals surface area contributed by atoms with E-state index in [9.17, 15) is 9.59 Å². The molecule has 0 atom stereocenters. The second-order valence-corrected chi connectivity index (χ2v) is 6.22. The first-order valence-electron chi connectivity index (χ1n) is 8.36. The Kier molecular flexibility index (Phi) is 6.60. The average molecular weight is 356 g/mol. The van der Waals surface area contributed by atoms with Gasteiger partial charge in [0.25, 0.3) is 5.91 Å². The van der Waals surface area contributed by atoms with Crippen molar-refractivity contribution in [1.82, 2.24) is 0 Å². The summed E-state index contributed by atoms with van der Waals surface area (Å²) in [6.07, 6.45) is 0.394. The summed E-state index contributed by atoms with van der Waals surface area (Å²) < 4.78 is 10.4. The molecule has 2 N–H and O–H groups in total. The van der Waals surface area contributed by atoms with Gasteiger partial charge in [-0.05, 0) is 30.2 Å². The van der Waals surface area contributed by atoms with Gasteiger partial charge in [0, 0.05) is 18.2 Å². The summed E-state index contributed by atoms with van der Waals surface area (Å²) in [4.78, 5) is 24.7. The minimum absolute atomic E-state index is 0.119. The van der Waals surface area contributed by atoms with Gasteiger partial charge in [-0.1, -0.05) is 26.0 Å². The zero-order chi connectivity index (χ0) is 19.1. The molecule has 0 heterocycles. The molecular formula is C20H24N2O4. The van der Waals surface area contributed by atoms with Gasteiger partial charge in [0.05, 0.1) is 25.5 Å². The molecule has 0 saturated heterocycles. The SMILES string of the molecule is COc1ccc(NC(=O)c2ccccc2NC(=O)CC(C)C)cc1OC. The molecule has 2 rings (SSSR count). The van der Waals surface area contributed by atoms with Crippen molar-refractivity contribution in [3.63, 3.8) is 0 Å². The molecule has 0 aliphatic carbocycles. The average Bonchev–Trinajstić information content (AvgIpc) is 2.61. The molecule has 0 fully saturated rings. The number of rotatable bonds is 7. The highest BCUT2D eigenvalue weighted by atomic mass is 16.5. The topological polar surface area (TPSA) is 76.7 Å². The van der Waals surface area contributed by atoms with E-state index in [0.29, 0.717) is 34.9 Å². The first-order valence-corrected chi connectivity index (χ1v) is 8.36. The Labute approximate surface area is 153 Å². The first-order chi connectivity index (χ1) is 12.4. The summed E-state index contributed by atoms with van der Waals surface area (Å²) >= 11 is 0. The minimum Gasteiger partial charge on any atom is -0.493 e. The van der Waals surface area contributed by atoms with Gasteiger partial charge in [0.15, 0.2) is 11.5 Å². The lowest BCUT2D eigenvalue weighted by Gasteiger charge is -2.13. The first kappa shape index (κ1) is 19.3. The standard InChI is InChI=1S/C20H24N2O4/c1-13(2)11-19(23)22-16-8-6-5-7-15(16)20(24)21-14-9-10-17(25-3)18(12-14)26-4/h5-10,12-13H,11H2,1-4H3,(H,21,24)(H,22,23). The fraction of sp³-hybridized carbons (Fsp3) is 0.300. The summed E-state index contributed by atoms with van der Waals surface area (Å²) in [5.41, 5.74) is 1.44. The van der Waals surface area contributed by atoms with E-state index in [2.05, 4.69) is 10.6 Å². The smallest absolute Gasteiger partial charge is 0.257 e. The monoisotopic (exact) mass is 356 g/mol. The van der Waals surface area contributed by atoms with Crippen LogP contribution in [0.2, 0.25) is 0 Å². The van der Waals surface area contributed by atoms with Crippen LogP contribution in [0, 0.1) is 5.92 Å². The fourth-order valence-corrected chi connectivity index (χ4v) is 2.47. The highest BCUT2D eigenvalue weighted by Crippen LogP contribution is 2.30. The molecule has 2 amide bonds. The highest BCUT2D eigenvalue weighted by molar-refractivity contribution is 6.10. The van der Waals surface area contributed by atoms with Crippen molar-refractivity contribution < 1.29 is 19.1 Å². The van der Waals surface area contributed by atoms with Gasteiger partial charge in [-0.15, -0.1) is 0 Å². The number of anilines is 2. The van der Waals surface area contributed by atoms with Gasteiger partial charge in [0.2, 0.25) is 5.91 Å². The molecular weight excluding hydrogens is 332 g/mol. The zero-order valence-corrected chi connectivity index (χ0v) is 15.5. The van der Waals surface area contributed by atoms with Crippen molar-refractivity contribution in [3.8, 4) is 11.5 Å². The predicted octanol–water partition coefficient (Wildman–Crippen LogP) is 3.94. The van der Waals surface area contributed by atoms with Gasteiger partial charge >= 0.3 is 0 Å². The molecule has 0 unspecified atom stereocenters.